The Balaban J connectivity index is 1.33. The summed E-state index contributed by atoms with van der Waals surface area (Å²) in [6.45, 7) is 2.22. The summed E-state index contributed by atoms with van der Waals surface area (Å²) in [5.41, 5.74) is 3.80. The van der Waals surface area contributed by atoms with E-state index in [1.54, 1.807) is 36.4 Å². The number of hydrogen-bond donors (Lipinski definition) is 2. The number of nitrogens with zero attached hydrogens (tertiary/aromatic N) is 7. The number of nitro benzene ring substituents is 2. The lowest BCUT2D eigenvalue weighted by Gasteiger charge is -2.27. The highest BCUT2D eigenvalue weighted by Crippen LogP contribution is 2.25. The van der Waals surface area contributed by atoms with Gasteiger partial charge in [-0.2, -0.15) is 20.1 Å². The molecule has 3 heterocycles. The fourth-order valence-corrected chi connectivity index (χ4v) is 3.68. The van der Waals surface area contributed by atoms with E-state index < -0.39 is 9.85 Å². The van der Waals surface area contributed by atoms with Crippen molar-refractivity contribution in [3.63, 3.8) is 0 Å². The summed E-state index contributed by atoms with van der Waals surface area (Å²) in [5, 5.41) is 29.1. The van der Waals surface area contributed by atoms with Crippen molar-refractivity contribution in [2.24, 2.45) is 5.10 Å². The van der Waals surface area contributed by atoms with E-state index in [9.17, 15) is 20.2 Å². The average Bonchev–Trinajstić information content (AvgIpc) is 3.42. The second kappa shape index (κ2) is 11.3. The van der Waals surface area contributed by atoms with Gasteiger partial charge >= 0.3 is 0 Å². The Morgan fingerprint density at radius 3 is 2.38 bits per heavy atom. The number of morpholine rings is 1. The number of non-ortho nitro benzene ring substituents is 2. The Labute approximate surface area is 220 Å². The molecule has 2 N–H and O–H groups in total. The first-order chi connectivity index (χ1) is 18.9. The molecule has 0 unspecified atom stereocenters. The maximum atomic E-state index is 11.1. The summed E-state index contributed by atoms with van der Waals surface area (Å²) in [6.07, 6.45) is 1.43. The molecular weight excluding hydrogens is 510 g/mol. The van der Waals surface area contributed by atoms with E-state index >= 15 is 0 Å². The predicted molar refractivity (Wildman–Crippen MR) is 141 cm³/mol. The first-order valence-corrected chi connectivity index (χ1v) is 11.7. The summed E-state index contributed by atoms with van der Waals surface area (Å²) in [7, 11) is 0. The van der Waals surface area contributed by atoms with E-state index in [0.29, 0.717) is 55.0 Å². The topological polar surface area (TPSA) is 187 Å². The summed E-state index contributed by atoms with van der Waals surface area (Å²) in [4.78, 5) is 36.2. The van der Waals surface area contributed by atoms with Crippen LogP contribution in [0.25, 0.3) is 11.3 Å². The molecule has 5 rings (SSSR count). The van der Waals surface area contributed by atoms with Gasteiger partial charge in [0.1, 0.15) is 11.5 Å². The summed E-state index contributed by atoms with van der Waals surface area (Å²) < 4.78 is 11.2. The molecule has 2 aromatic carbocycles. The minimum absolute atomic E-state index is 0.00978. The second-order valence-electron chi connectivity index (χ2n) is 8.19. The number of nitrogens with one attached hydrogen (secondary N) is 2. The van der Waals surface area contributed by atoms with E-state index in [1.807, 2.05) is 4.90 Å². The van der Waals surface area contributed by atoms with Crippen LogP contribution in [-0.2, 0) is 4.74 Å². The molecule has 4 aromatic rings. The van der Waals surface area contributed by atoms with Gasteiger partial charge in [-0.25, -0.2) is 5.43 Å². The number of rotatable bonds is 9. The predicted octanol–water partition coefficient (Wildman–Crippen LogP) is 3.97. The molecule has 15 nitrogen and oxygen atoms in total. The van der Waals surface area contributed by atoms with Crippen molar-refractivity contribution in [1.29, 1.82) is 0 Å². The van der Waals surface area contributed by atoms with Gasteiger partial charge in [0, 0.05) is 48.6 Å². The summed E-state index contributed by atoms with van der Waals surface area (Å²) in [5.74, 6) is 1.64. The van der Waals surface area contributed by atoms with E-state index in [2.05, 4.69) is 30.8 Å². The second-order valence-corrected chi connectivity index (χ2v) is 8.19. The summed E-state index contributed by atoms with van der Waals surface area (Å²) >= 11 is 0. The molecule has 0 saturated carbocycles. The van der Waals surface area contributed by atoms with Gasteiger partial charge in [0.15, 0.2) is 0 Å². The van der Waals surface area contributed by atoms with Crippen molar-refractivity contribution in [1.82, 2.24) is 15.0 Å². The Morgan fingerprint density at radius 1 is 0.897 bits per heavy atom. The molecule has 0 bridgehead atoms. The molecule has 1 fully saturated rings. The number of aromatic nitrogens is 3. The highest BCUT2D eigenvalue weighted by molar-refractivity contribution is 5.78. The number of nitro groups is 2. The Hall–Kier alpha value is -5.44. The first-order valence-electron chi connectivity index (χ1n) is 11.7. The minimum Gasteiger partial charge on any atom is -0.455 e. The van der Waals surface area contributed by atoms with E-state index in [-0.39, 0.29) is 23.3 Å². The molecule has 0 aliphatic carbocycles. The Morgan fingerprint density at radius 2 is 1.64 bits per heavy atom. The fraction of sp³-hybridized carbons (Fsp3) is 0.167. The van der Waals surface area contributed by atoms with E-state index in [4.69, 9.17) is 9.15 Å². The normalized spacial score (nSPS) is 13.4. The summed E-state index contributed by atoms with van der Waals surface area (Å²) in [6, 6.07) is 15.4. The van der Waals surface area contributed by atoms with Crippen LogP contribution in [0.3, 0.4) is 0 Å². The van der Waals surface area contributed by atoms with E-state index in [0.717, 1.165) is 0 Å². The van der Waals surface area contributed by atoms with Crippen LogP contribution >= 0.6 is 0 Å². The molecule has 39 heavy (non-hydrogen) atoms. The third kappa shape index (κ3) is 6.28. The molecule has 2 aromatic heterocycles. The van der Waals surface area contributed by atoms with Gasteiger partial charge in [-0.15, -0.1) is 0 Å². The van der Waals surface area contributed by atoms with Crippen molar-refractivity contribution in [3.05, 3.63) is 86.7 Å². The van der Waals surface area contributed by atoms with Crippen LogP contribution in [0.5, 0.6) is 0 Å². The van der Waals surface area contributed by atoms with Crippen molar-refractivity contribution in [2.75, 3.05) is 41.9 Å². The molecule has 0 amide bonds. The van der Waals surface area contributed by atoms with Gasteiger partial charge in [-0.1, -0.05) is 6.07 Å². The van der Waals surface area contributed by atoms with Crippen LogP contribution in [0, 0.1) is 20.2 Å². The van der Waals surface area contributed by atoms with Crippen LogP contribution in [0.15, 0.2) is 70.2 Å². The SMILES string of the molecule is O=[N+]([O-])c1ccc(-c2ccc(/C=N/Nc3nc(Nc4cccc([N+](=O)[O-])c4)nc(N4CCOCC4)n3)o2)cc1. The zero-order valence-electron chi connectivity index (χ0n) is 20.3. The maximum Gasteiger partial charge on any atom is 0.271 e. The molecule has 1 saturated heterocycles. The van der Waals surface area contributed by atoms with Crippen LogP contribution in [0.4, 0.5) is 34.9 Å². The largest absolute Gasteiger partial charge is 0.455 e. The number of anilines is 4. The number of hydrazone groups is 1. The highest BCUT2D eigenvalue weighted by Gasteiger charge is 2.17. The lowest BCUT2D eigenvalue weighted by molar-refractivity contribution is -0.385. The Bertz CT molecular complexity index is 1520. The smallest absolute Gasteiger partial charge is 0.271 e. The van der Waals surface area contributed by atoms with Gasteiger partial charge in [-0.3, -0.25) is 20.2 Å². The van der Waals surface area contributed by atoms with Gasteiger partial charge in [0.05, 0.1) is 29.3 Å². The molecule has 0 spiro atoms. The molecule has 15 heteroatoms. The number of furan rings is 1. The standard InChI is InChI=1S/C24H21N9O6/c34-32(35)18-6-4-16(5-7-18)21-9-8-20(39-21)15-25-30-23-27-22(26-17-2-1-3-19(14-17)33(36)37)28-24(29-23)31-10-12-38-13-11-31/h1-9,14-15H,10-13H2,(H2,26,27,28,29,30)/b25-15+. The van der Waals surface area contributed by atoms with Crippen LogP contribution in [0.2, 0.25) is 0 Å². The van der Waals surface area contributed by atoms with Gasteiger partial charge in [-0.05, 0) is 30.3 Å². The zero-order chi connectivity index (χ0) is 27.2. The van der Waals surface area contributed by atoms with E-state index in [1.165, 1.54) is 30.5 Å². The molecule has 198 valence electrons. The molecule has 1 aliphatic heterocycles. The lowest BCUT2D eigenvalue weighted by atomic mass is 10.1. The number of benzene rings is 2. The maximum absolute atomic E-state index is 11.1. The van der Waals surface area contributed by atoms with Crippen LogP contribution < -0.4 is 15.6 Å². The minimum atomic E-state index is -0.485. The van der Waals surface area contributed by atoms with Gasteiger partial charge in [0.2, 0.25) is 17.8 Å². The first kappa shape index (κ1) is 25.2. The Kier molecular flexibility index (Phi) is 7.31. The van der Waals surface area contributed by atoms with Crippen molar-refractivity contribution < 1.29 is 19.0 Å². The van der Waals surface area contributed by atoms with Crippen LogP contribution in [0.1, 0.15) is 5.76 Å². The van der Waals surface area contributed by atoms with Gasteiger partial charge < -0.3 is 19.4 Å². The molecule has 1 aliphatic rings. The third-order valence-electron chi connectivity index (χ3n) is 5.58. The van der Waals surface area contributed by atoms with Crippen molar-refractivity contribution in [3.8, 4) is 11.3 Å². The van der Waals surface area contributed by atoms with Crippen molar-refractivity contribution >= 4 is 41.1 Å². The number of ether oxygens (including phenoxy) is 1. The highest BCUT2D eigenvalue weighted by atomic mass is 16.6. The molecule has 0 radical (unpaired) electrons. The zero-order valence-corrected chi connectivity index (χ0v) is 20.3. The molecule has 0 atom stereocenters. The average molecular weight is 531 g/mol. The number of hydrogen-bond acceptors (Lipinski definition) is 13. The fourth-order valence-electron chi connectivity index (χ4n) is 3.68. The third-order valence-corrected chi connectivity index (χ3v) is 5.58. The molecular formula is C24H21N9O6. The van der Waals surface area contributed by atoms with Gasteiger partial charge in [0.25, 0.3) is 11.4 Å². The lowest BCUT2D eigenvalue weighted by Crippen LogP contribution is -2.37. The monoisotopic (exact) mass is 531 g/mol. The van der Waals surface area contributed by atoms with Crippen molar-refractivity contribution in [2.45, 2.75) is 0 Å². The van der Waals surface area contributed by atoms with Crippen LogP contribution in [-0.4, -0.2) is 57.3 Å². The quantitative estimate of drug-likeness (QED) is 0.180.